The zero-order valence-corrected chi connectivity index (χ0v) is 13.1. The number of carbonyl (C=O) groups excluding carboxylic acids is 1. The van der Waals surface area contributed by atoms with Crippen molar-refractivity contribution >= 4 is 11.6 Å². The molecule has 1 amide bonds. The smallest absolute Gasteiger partial charge is 0.266 e. The minimum atomic E-state index is -0.534. The third kappa shape index (κ3) is 2.54. The minimum Gasteiger partial charge on any atom is -0.480 e. The van der Waals surface area contributed by atoms with E-state index >= 15 is 0 Å². The summed E-state index contributed by atoms with van der Waals surface area (Å²) in [5.41, 5.74) is 2.55. The number of hydrogen-bond donors (Lipinski definition) is 1. The van der Waals surface area contributed by atoms with Crippen LogP contribution >= 0.6 is 0 Å². The van der Waals surface area contributed by atoms with Gasteiger partial charge in [0.1, 0.15) is 12.0 Å². The minimum absolute atomic E-state index is 0.0103. The Morgan fingerprint density at radius 2 is 2.04 bits per heavy atom. The second-order valence-corrected chi connectivity index (χ2v) is 5.77. The Balaban J connectivity index is 1.52. The van der Waals surface area contributed by atoms with Crippen LogP contribution in [-0.2, 0) is 4.79 Å². The summed E-state index contributed by atoms with van der Waals surface area (Å²) in [6, 6.07) is 15.1. The van der Waals surface area contributed by atoms with Gasteiger partial charge < -0.3 is 14.5 Å². The maximum atomic E-state index is 12.6. The van der Waals surface area contributed by atoms with Crippen molar-refractivity contribution in [1.29, 1.82) is 0 Å². The molecular weight excluding hydrogens is 304 g/mol. The lowest BCUT2D eigenvalue weighted by Gasteiger charge is -2.15. The zero-order chi connectivity index (χ0) is 16.5. The van der Waals surface area contributed by atoms with Crippen molar-refractivity contribution in [1.82, 2.24) is 4.98 Å². The van der Waals surface area contributed by atoms with Gasteiger partial charge in [-0.2, -0.15) is 0 Å². The molecule has 24 heavy (non-hydrogen) atoms. The van der Waals surface area contributed by atoms with Gasteiger partial charge in [0.15, 0.2) is 6.10 Å². The van der Waals surface area contributed by atoms with Crippen LogP contribution in [0.4, 0.5) is 5.69 Å². The molecule has 0 unspecified atom stereocenters. The van der Waals surface area contributed by atoms with Crippen molar-refractivity contribution < 1.29 is 13.9 Å². The van der Waals surface area contributed by atoms with Gasteiger partial charge in [-0.1, -0.05) is 31.2 Å². The molecule has 0 radical (unpaired) electrons. The molecule has 5 nitrogen and oxygen atoms in total. The van der Waals surface area contributed by atoms with Gasteiger partial charge in [-0.25, -0.2) is 4.98 Å². The van der Waals surface area contributed by atoms with Crippen LogP contribution in [0.3, 0.4) is 0 Å². The molecule has 1 aliphatic heterocycles. The molecule has 0 saturated heterocycles. The molecule has 4 rings (SSSR count). The number of rotatable bonds is 3. The highest BCUT2D eigenvalue weighted by Crippen LogP contribution is 2.38. The molecule has 0 fully saturated rings. The lowest BCUT2D eigenvalue weighted by atomic mass is 9.97. The van der Waals surface area contributed by atoms with Crippen LogP contribution in [0.1, 0.15) is 18.4 Å². The molecule has 2 atom stereocenters. The van der Waals surface area contributed by atoms with Gasteiger partial charge in [-0.05, 0) is 24.3 Å². The number of aromatic nitrogens is 1. The Hall–Kier alpha value is -3.08. The van der Waals surface area contributed by atoms with E-state index in [0.29, 0.717) is 11.6 Å². The summed E-state index contributed by atoms with van der Waals surface area (Å²) in [4.78, 5) is 16.7. The lowest BCUT2D eigenvalue weighted by molar-refractivity contribution is -0.122. The molecule has 2 heterocycles. The fourth-order valence-electron chi connectivity index (χ4n) is 2.96. The summed E-state index contributed by atoms with van der Waals surface area (Å²) < 4.78 is 11.1. The van der Waals surface area contributed by atoms with Crippen molar-refractivity contribution in [2.24, 2.45) is 0 Å². The SMILES string of the molecule is C[C@@H]1c2ccccc2O[C@@H]1C(=O)Nc1cccc(-c2ncco2)c1. The maximum absolute atomic E-state index is 12.6. The van der Waals surface area contributed by atoms with E-state index < -0.39 is 6.10 Å². The van der Waals surface area contributed by atoms with E-state index in [9.17, 15) is 4.79 Å². The number of hydrogen-bond acceptors (Lipinski definition) is 4. The first-order valence-electron chi connectivity index (χ1n) is 7.79. The van der Waals surface area contributed by atoms with Gasteiger partial charge in [0.2, 0.25) is 5.89 Å². The van der Waals surface area contributed by atoms with Gasteiger partial charge in [0, 0.05) is 22.7 Å². The quantitative estimate of drug-likeness (QED) is 0.796. The summed E-state index contributed by atoms with van der Waals surface area (Å²) in [6.45, 7) is 2.00. The van der Waals surface area contributed by atoms with Crippen molar-refractivity contribution in [3.8, 4) is 17.2 Å². The molecule has 0 bridgehead atoms. The molecule has 0 saturated carbocycles. The van der Waals surface area contributed by atoms with Gasteiger partial charge in [-0.15, -0.1) is 0 Å². The summed E-state index contributed by atoms with van der Waals surface area (Å²) in [5, 5.41) is 2.92. The number of oxazole rings is 1. The second kappa shape index (κ2) is 5.85. The number of carbonyl (C=O) groups is 1. The first kappa shape index (κ1) is 14.5. The summed E-state index contributed by atoms with van der Waals surface area (Å²) >= 11 is 0. The van der Waals surface area contributed by atoms with E-state index in [1.807, 2.05) is 55.5 Å². The second-order valence-electron chi connectivity index (χ2n) is 5.77. The number of para-hydroxylation sites is 1. The Morgan fingerprint density at radius 1 is 1.17 bits per heavy atom. The number of nitrogens with one attached hydrogen (secondary N) is 1. The molecule has 1 aromatic heterocycles. The molecule has 0 spiro atoms. The normalized spacial score (nSPS) is 18.7. The third-order valence-corrected chi connectivity index (χ3v) is 4.19. The van der Waals surface area contributed by atoms with Crippen LogP contribution in [0.2, 0.25) is 0 Å². The molecule has 2 aromatic carbocycles. The number of nitrogens with zero attached hydrogens (tertiary/aromatic N) is 1. The van der Waals surface area contributed by atoms with E-state index in [-0.39, 0.29) is 11.8 Å². The topological polar surface area (TPSA) is 64.4 Å². The van der Waals surface area contributed by atoms with E-state index in [1.54, 1.807) is 6.20 Å². The average molecular weight is 320 g/mol. The van der Waals surface area contributed by atoms with Crippen LogP contribution in [0, 0.1) is 0 Å². The zero-order valence-electron chi connectivity index (χ0n) is 13.1. The van der Waals surface area contributed by atoms with Gasteiger partial charge >= 0.3 is 0 Å². The number of fused-ring (bicyclic) bond motifs is 1. The van der Waals surface area contributed by atoms with Crippen molar-refractivity contribution in [3.05, 3.63) is 66.6 Å². The Bertz CT molecular complexity index is 874. The van der Waals surface area contributed by atoms with Crippen molar-refractivity contribution in [2.45, 2.75) is 18.9 Å². The summed E-state index contributed by atoms with van der Waals surface area (Å²) in [5.74, 6) is 1.14. The molecule has 3 aromatic rings. The van der Waals surface area contributed by atoms with E-state index in [0.717, 1.165) is 16.9 Å². The van der Waals surface area contributed by atoms with Gasteiger partial charge in [0.25, 0.3) is 5.91 Å². The predicted molar refractivity (Wildman–Crippen MR) is 89.8 cm³/mol. The number of amides is 1. The highest BCUT2D eigenvalue weighted by Gasteiger charge is 2.36. The predicted octanol–water partition coefficient (Wildman–Crippen LogP) is 3.84. The van der Waals surface area contributed by atoms with Gasteiger partial charge in [-0.3, -0.25) is 4.79 Å². The number of ether oxygens (including phenoxy) is 1. The Labute approximate surface area is 139 Å². The molecule has 120 valence electrons. The summed E-state index contributed by atoms with van der Waals surface area (Å²) in [6.07, 6.45) is 2.57. The largest absolute Gasteiger partial charge is 0.480 e. The van der Waals surface area contributed by atoms with Crippen LogP contribution in [0.25, 0.3) is 11.5 Å². The summed E-state index contributed by atoms with van der Waals surface area (Å²) in [7, 11) is 0. The van der Waals surface area contributed by atoms with E-state index in [2.05, 4.69) is 10.3 Å². The van der Waals surface area contributed by atoms with Crippen LogP contribution in [-0.4, -0.2) is 17.0 Å². The third-order valence-electron chi connectivity index (χ3n) is 4.19. The van der Waals surface area contributed by atoms with Crippen molar-refractivity contribution in [3.63, 3.8) is 0 Å². The molecule has 0 aliphatic carbocycles. The number of anilines is 1. The highest BCUT2D eigenvalue weighted by atomic mass is 16.5. The average Bonchev–Trinajstić information content (AvgIpc) is 3.24. The van der Waals surface area contributed by atoms with Crippen molar-refractivity contribution in [2.75, 3.05) is 5.32 Å². The van der Waals surface area contributed by atoms with Gasteiger partial charge in [0.05, 0.1) is 6.20 Å². The monoisotopic (exact) mass is 320 g/mol. The Morgan fingerprint density at radius 3 is 2.83 bits per heavy atom. The first-order valence-corrected chi connectivity index (χ1v) is 7.79. The maximum Gasteiger partial charge on any atom is 0.266 e. The fraction of sp³-hybridized carbons (Fsp3) is 0.158. The Kier molecular flexibility index (Phi) is 3.54. The van der Waals surface area contributed by atoms with Crippen LogP contribution in [0.5, 0.6) is 5.75 Å². The number of benzene rings is 2. The lowest BCUT2D eigenvalue weighted by Crippen LogP contribution is -2.33. The van der Waals surface area contributed by atoms with Crippen LogP contribution in [0.15, 0.2) is 65.4 Å². The highest BCUT2D eigenvalue weighted by molar-refractivity contribution is 5.96. The van der Waals surface area contributed by atoms with E-state index in [4.69, 9.17) is 9.15 Å². The molecule has 5 heteroatoms. The van der Waals surface area contributed by atoms with Crippen LogP contribution < -0.4 is 10.1 Å². The molecule has 1 N–H and O–H groups in total. The standard InChI is InChI=1S/C19H16N2O3/c1-12-15-7-2-3-8-16(15)24-17(12)18(22)21-14-6-4-5-13(11-14)19-20-9-10-23-19/h2-12,17H,1H3,(H,21,22)/t12-,17+/m1/s1. The van der Waals surface area contributed by atoms with E-state index in [1.165, 1.54) is 6.26 Å². The molecular formula is C19H16N2O3. The first-order chi connectivity index (χ1) is 11.7. The fourth-order valence-corrected chi connectivity index (χ4v) is 2.96. The molecule has 1 aliphatic rings.